The largest absolute Gasteiger partial charge is 0.493 e. The van der Waals surface area contributed by atoms with Crippen molar-refractivity contribution in [1.82, 2.24) is 4.72 Å². The molecule has 0 unspecified atom stereocenters. The van der Waals surface area contributed by atoms with Crippen LogP contribution in [0.15, 0.2) is 90.9 Å². The molecule has 0 atom stereocenters. The molecule has 29 heavy (non-hydrogen) atoms. The maximum absolute atomic E-state index is 12.4. The monoisotopic (exact) mass is 408 g/mol. The van der Waals surface area contributed by atoms with Crippen LogP contribution in [0, 0.1) is 0 Å². The zero-order chi connectivity index (χ0) is 20.3. The number of nitrogens with zero attached hydrogens (tertiary/aromatic N) is 1. The highest BCUT2D eigenvalue weighted by Gasteiger charge is 2.31. The van der Waals surface area contributed by atoms with Gasteiger partial charge in [-0.15, -0.1) is 0 Å². The Morgan fingerprint density at radius 1 is 0.862 bits per heavy atom. The molecule has 1 heterocycles. The molecule has 0 amide bonds. The van der Waals surface area contributed by atoms with Gasteiger partial charge in [0.2, 0.25) is 5.88 Å². The van der Waals surface area contributed by atoms with Crippen LogP contribution >= 0.6 is 0 Å². The highest BCUT2D eigenvalue weighted by atomic mass is 32.2. The third kappa shape index (κ3) is 4.35. The molecule has 148 valence electrons. The highest BCUT2D eigenvalue weighted by molar-refractivity contribution is 7.91. The summed E-state index contributed by atoms with van der Waals surface area (Å²) in [6.07, 6.45) is 1.77. The standard InChI is InChI=1S/C22H20N2O4S/c25-22-15-24(29(26,27)23-22)20-14-19(13-17-7-3-1-4-8-17)11-12-21(20)28-16-18-9-5-2-6-10-18/h1-12,14-15,23,25H,13,16H2. The van der Waals surface area contributed by atoms with E-state index in [2.05, 4.69) is 4.72 Å². The lowest BCUT2D eigenvalue weighted by Gasteiger charge is -2.19. The van der Waals surface area contributed by atoms with Crippen LogP contribution in [0.1, 0.15) is 16.7 Å². The van der Waals surface area contributed by atoms with Crippen molar-refractivity contribution in [2.45, 2.75) is 13.0 Å². The van der Waals surface area contributed by atoms with Gasteiger partial charge in [0.1, 0.15) is 18.0 Å². The molecule has 7 heteroatoms. The van der Waals surface area contributed by atoms with Gasteiger partial charge in [-0.05, 0) is 35.2 Å². The number of hydrogen-bond acceptors (Lipinski definition) is 4. The number of anilines is 1. The summed E-state index contributed by atoms with van der Waals surface area (Å²) in [5.41, 5.74) is 3.34. The summed E-state index contributed by atoms with van der Waals surface area (Å²) >= 11 is 0. The van der Waals surface area contributed by atoms with Crippen molar-refractivity contribution >= 4 is 15.9 Å². The molecule has 6 nitrogen and oxygen atoms in total. The first kappa shape index (κ1) is 18.9. The minimum Gasteiger partial charge on any atom is -0.493 e. The third-order valence-electron chi connectivity index (χ3n) is 4.48. The summed E-state index contributed by atoms with van der Waals surface area (Å²) in [5.74, 6) is -0.0329. The zero-order valence-corrected chi connectivity index (χ0v) is 16.3. The van der Waals surface area contributed by atoms with E-state index in [9.17, 15) is 13.5 Å². The molecular formula is C22H20N2O4S. The van der Waals surface area contributed by atoms with E-state index in [-0.39, 0.29) is 0 Å². The molecule has 0 bridgehead atoms. The Labute approximate surface area is 169 Å². The molecule has 0 radical (unpaired) electrons. The van der Waals surface area contributed by atoms with E-state index in [1.54, 1.807) is 12.1 Å². The lowest BCUT2D eigenvalue weighted by Crippen LogP contribution is -2.30. The highest BCUT2D eigenvalue weighted by Crippen LogP contribution is 2.34. The van der Waals surface area contributed by atoms with E-state index in [0.29, 0.717) is 24.5 Å². The van der Waals surface area contributed by atoms with Gasteiger partial charge in [0, 0.05) is 0 Å². The lowest BCUT2D eigenvalue weighted by molar-refractivity contribution is 0.307. The van der Waals surface area contributed by atoms with Gasteiger partial charge in [0.25, 0.3) is 0 Å². The molecule has 0 spiro atoms. The molecule has 1 aliphatic rings. The Morgan fingerprint density at radius 3 is 2.14 bits per heavy atom. The Balaban J connectivity index is 1.68. The van der Waals surface area contributed by atoms with E-state index >= 15 is 0 Å². The van der Waals surface area contributed by atoms with Crippen molar-refractivity contribution in [3.05, 3.63) is 108 Å². The first-order valence-electron chi connectivity index (χ1n) is 9.08. The molecule has 0 saturated carbocycles. The van der Waals surface area contributed by atoms with Crippen molar-refractivity contribution in [2.75, 3.05) is 4.31 Å². The smallest absolute Gasteiger partial charge is 0.330 e. The van der Waals surface area contributed by atoms with Crippen LogP contribution in [-0.4, -0.2) is 13.5 Å². The number of hydrogen-bond donors (Lipinski definition) is 2. The van der Waals surface area contributed by atoms with Crippen LogP contribution in [0.2, 0.25) is 0 Å². The van der Waals surface area contributed by atoms with Gasteiger partial charge in [0.15, 0.2) is 0 Å². The SMILES string of the molecule is O=S1(=O)NC(O)=CN1c1cc(Cc2ccccc2)ccc1OCc1ccccc1. The quantitative estimate of drug-likeness (QED) is 0.649. The third-order valence-corrected chi connectivity index (χ3v) is 5.77. The molecule has 0 saturated heterocycles. The summed E-state index contributed by atoms with van der Waals surface area (Å²) in [4.78, 5) is 0. The molecule has 2 N–H and O–H groups in total. The molecule has 4 rings (SSSR count). The number of nitrogens with one attached hydrogen (secondary N) is 1. The first-order chi connectivity index (χ1) is 14.0. The summed E-state index contributed by atoms with van der Waals surface area (Å²) in [6.45, 7) is 0.295. The van der Waals surface area contributed by atoms with Crippen LogP contribution in [0.25, 0.3) is 0 Å². The minimum atomic E-state index is -3.92. The Morgan fingerprint density at radius 2 is 1.52 bits per heavy atom. The predicted molar refractivity (Wildman–Crippen MR) is 112 cm³/mol. The number of aliphatic hydroxyl groups excluding tert-OH is 1. The fourth-order valence-corrected chi connectivity index (χ4v) is 4.18. The van der Waals surface area contributed by atoms with Crippen molar-refractivity contribution in [2.24, 2.45) is 0 Å². The van der Waals surface area contributed by atoms with Crippen LogP contribution in [0.5, 0.6) is 5.75 Å². The zero-order valence-electron chi connectivity index (χ0n) is 15.5. The molecule has 0 aliphatic carbocycles. The van der Waals surface area contributed by atoms with E-state index < -0.39 is 16.1 Å². The molecule has 3 aromatic rings. The van der Waals surface area contributed by atoms with Crippen molar-refractivity contribution in [1.29, 1.82) is 0 Å². The molecule has 0 fully saturated rings. The summed E-state index contributed by atoms with van der Waals surface area (Å²) in [6, 6.07) is 25.0. The van der Waals surface area contributed by atoms with E-state index in [1.807, 2.05) is 66.7 Å². The first-order valence-corrected chi connectivity index (χ1v) is 10.5. The van der Waals surface area contributed by atoms with E-state index in [4.69, 9.17) is 4.74 Å². The summed E-state index contributed by atoms with van der Waals surface area (Å²) in [5, 5.41) is 9.69. The minimum absolute atomic E-state index is 0.295. The Bertz CT molecular complexity index is 1130. The van der Waals surface area contributed by atoms with Crippen molar-refractivity contribution in [3.8, 4) is 5.75 Å². The molecule has 3 aromatic carbocycles. The van der Waals surface area contributed by atoms with Gasteiger partial charge >= 0.3 is 10.2 Å². The van der Waals surface area contributed by atoms with E-state index in [0.717, 1.165) is 27.2 Å². The van der Waals surface area contributed by atoms with Crippen molar-refractivity contribution < 1.29 is 18.3 Å². The van der Waals surface area contributed by atoms with Gasteiger partial charge in [-0.25, -0.2) is 9.03 Å². The lowest BCUT2D eigenvalue weighted by atomic mass is 10.0. The summed E-state index contributed by atoms with van der Waals surface area (Å²) in [7, 11) is -3.92. The topological polar surface area (TPSA) is 78.9 Å². The van der Waals surface area contributed by atoms with Gasteiger partial charge in [-0.2, -0.15) is 8.42 Å². The maximum atomic E-state index is 12.4. The average molecular weight is 408 g/mol. The van der Waals surface area contributed by atoms with Gasteiger partial charge < -0.3 is 9.84 Å². The Hall–Kier alpha value is -3.45. The predicted octanol–water partition coefficient (Wildman–Crippen LogP) is 3.87. The van der Waals surface area contributed by atoms with Crippen LogP contribution in [0.3, 0.4) is 0 Å². The Kier molecular flexibility index (Phi) is 5.14. The van der Waals surface area contributed by atoms with Crippen LogP contribution in [-0.2, 0) is 23.2 Å². The van der Waals surface area contributed by atoms with Crippen LogP contribution < -0.4 is 13.8 Å². The van der Waals surface area contributed by atoms with Crippen LogP contribution in [0.4, 0.5) is 5.69 Å². The van der Waals surface area contributed by atoms with E-state index in [1.165, 1.54) is 0 Å². The number of ether oxygens (including phenoxy) is 1. The van der Waals surface area contributed by atoms with Gasteiger partial charge in [-0.1, -0.05) is 66.7 Å². The fourth-order valence-electron chi connectivity index (χ4n) is 3.12. The second-order valence-corrected chi connectivity index (χ2v) is 8.20. The second-order valence-electron chi connectivity index (χ2n) is 6.66. The van der Waals surface area contributed by atoms with Gasteiger partial charge in [0.05, 0.1) is 6.20 Å². The number of benzene rings is 3. The number of rotatable bonds is 6. The van der Waals surface area contributed by atoms with Crippen molar-refractivity contribution in [3.63, 3.8) is 0 Å². The normalized spacial score (nSPS) is 14.9. The maximum Gasteiger partial charge on any atom is 0.330 e. The summed E-state index contributed by atoms with van der Waals surface area (Å²) < 4.78 is 33.8. The van der Waals surface area contributed by atoms with Gasteiger partial charge in [-0.3, -0.25) is 0 Å². The average Bonchev–Trinajstić information content (AvgIpc) is 3.00. The number of aliphatic hydroxyl groups is 1. The fraction of sp³-hybridized carbons (Fsp3) is 0.0909. The molecule has 0 aromatic heterocycles. The second kappa shape index (κ2) is 7.89. The molecular weight excluding hydrogens is 388 g/mol. The molecule has 1 aliphatic heterocycles.